The summed E-state index contributed by atoms with van der Waals surface area (Å²) >= 11 is 7.56. The van der Waals surface area contributed by atoms with Gasteiger partial charge in [0.05, 0.1) is 5.69 Å². The number of nitrogens with zero attached hydrogens (tertiary/aromatic N) is 1. The molecule has 0 aliphatic carbocycles. The molecule has 5 heteroatoms. The molecule has 1 heterocycles. The minimum Gasteiger partial charge on any atom is -0.323 e. The van der Waals surface area contributed by atoms with Crippen LogP contribution in [0.25, 0.3) is 27.9 Å². The first kappa shape index (κ1) is 20.1. The molecule has 30 heavy (non-hydrogen) atoms. The van der Waals surface area contributed by atoms with E-state index in [2.05, 4.69) is 24.4 Å². The summed E-state index contributed by atoms with van der Waals surface area (Å²) in [6.07, 6.45) is 3.26. The Morgan fingerprint density at radius 1 is 0.933 bits per heavy atom. The number of rotatable bonds is 5. The van der Waals surface area contributed by atoms with E-state index in [-0.39, 0.29) is 5.91 Å². The highest BCUT2D eigenvalue weighted by atomic mass is 35.5. The molecule has 4 aromatic rings. The summed E-state index contributed by atoms with van der Waals surface area (Å²) in [5.74, 6) is -0.186. The van der Waals surface area contributed by atoms with Gasteiger partial charge in [0.2, 0.25) is 5.91 Å². The minimum absolute atomic E-state index is 0.186. The third-order valence-electron chi connectivity index (χ3n) is 4.54. The Morgan fingerprint density at radius 3 is 2.33 bits per heavy atom. The number of carbonyl (C=O) groups is 1. The molecule has 3 nitrogen and oxygen atoms in total. The van der Waals surface area contributed by atoms with Gasteiger partial charge < -0.3 is 5.32 Å². The Kier molecular flexibility index (Phi) is 6.07. The normalized spacial score (nSPS) is 11.0. The highest BCUT2D eigenvalue weighted by Gasteiger charge is 2.11. The van der Waals surface area contributed by atoms with Gasteiger partial charge in [-0.2, -0.15) is 0 Å². The van der Waals surface area contributed by atoms with Crippen molar-refractivity contribution in [3.8, 4) is 21.8 Å². The SMILES string of the molecule is Cc1sc(-c2ccccc2)nc1-c1ccc(NC(=O)/C=C/c2ccc(Cl)cc2)cc1. The van der Waals surface area contributed by atoms with Crippen molar-refractivity contribution in [2.75, 3.05) is 5.32 Å². The van der Waals surface area contributed by atoms with Crippen LogP contribution < -0.4 is 5.32 Å². The van der Waals surface area contributed by atoms with Crippen molar-refractivity contribution < 1.29 is 4.79 Å². The number of nitrogens with one attached hydrogen (secondary N) is 1. The Balaban J connectivity index is 1.45. The Hall–Kier alpha value is -3.21. The highest BCUT2D eigenvalue weighted by molar-refractivity contribution is 7.15. The third kappa shape index (κ3) is 4.85. The maximum atomic E-state index is 12.2. The maximum absolute atomic E-state index is 12.2. The number of anilines is 1. The van der Waals surface area contributed by atoms with Crippen molar-refractivity contribution in [1.82, 2.24) is 4.98 Å². The van der Waals surface area contributed by atoms with Gasteiger partial charge >= 0.3 is 0 Å². The third-order valence-corrected chi connectivity index (χ3v) is 5.81. The van der Waals surface area contributed by atoms with Crippen LogP contribution >= 0.6 is 22.9 Å². The standard InChI is InChI=1S/C25H19ClN2OS/c1-17-24(28-25(30-17)20-5-3-2-4-6-20)19-10-14-22(15-11-19)27-23(29)16-9-18-7-12-21(26)13-8-18/h2-16H,1H3,(H,27,29)/b16-9+. The fourth-order valence-electron chi connectivity index (χ4n) is 3.01. The zero-order chi connectivity index (χ0) is 20.9. The van der Waals surface area contributed by atoms with E-state index in [0.29, 0.717) is 5.02 Å². The van der Waals surface area contributed by atoms with E-state index < -0.39 is 0 Å². The summed E-state index contributed by atoms with van der Waals surface area (Å²) < 4.78 is 0. The molecular formula is C25H19ClN2OS. The summed E-state index contributed by atoms with van der Waals surface area (Å²) in [6.45, 7) is 2.08. The second-order valence-corrected chi connectivity index (χ2v) is 8.38. The van der Waals surface area contributed by atoms with Gasteiger partial charge in [0, 0.05) is 32.8 Å². The number of thiazole rings is 1. The molecule has 0 aliphatic rings. The van der Waals surface area contributed by atoms with Crippen molar-refractivity contribution in [2.45, 2.75) is 6.92 Å². The molecule has 0 spiro atoms. The number of carbonyl (C=O) groups excluding carboxylic acids is 1. The van der Waals surface area contributed by atoms with Gasteiger partial charge in [-0.05, 0) is 42.8 Å². The Labute approximate surface area is 184 Å². The van der Waals surface area contributed by atoms with Crippen molar-refractivity contribution >= 4 is 40.6 Å². The number of amides is 1. The number of aromatic nitrogens is 1. The van der Waals surface area contributed by atoms with Crippen LogP contribution in [0.1, 0.15) is 10.4 Å². The fourth-order valence-corrected chi connectivity index (χ4v) is 4.08. The smallest absolute Gasteiger partial charge is 0.248 e. The molecule has 1 amide bonds. The van der Waals surface area contributed by atoms with Crippen LogP contribution in [-0.2, 0) is 4.79 Å². The van der Waals surface area contributed by atoms with E-state index in [1.165, 1.54) is 6.08 Å². The number of hydrogen-bond donors (Lipinski definition) is 1. The van der Waals surface area contributed by atoms with E-state index >= 15 is 0 Å². The lowest BCUT2D eigenvalue weighted by Gasteiger charge is -2.04. The second-order valence-electron chi connectivity index (χ2n) is 6.74. The summed E-state index contributed by atoms with van der Waals surface area (Å²) in [4.78, 5) is 18.2. The molecule has 0 unspecified atom stereocenters. The monoisotopic (exact) mass is 430 g/mol. The summed E-state index contributed by atoms with van der Waals surface area (Å²) in [6, 6.07) is 25.2. The van der Waals surface area contributed by atoms with Gasteiger partial charge in [0.25, 0.3) is 0 Å². The highest BCUT2D eigenvalue weighted by Crippen LogP contribution is 2.33. The lowest BCUT2D eigenvalue weighted by atomic mass is 10.1. The lowest BCUT2D eigenvalue weighted by Crippen LogP contribution is -2.07. The average Bonchev–Trinajstić information content (AvgIpc) is 3.16. The van der Waals surface area contributed by atoms with Crippen LogP contribution in [0.3, 0.4) is 0 Å². The molecular weight excluding hydrogens is 412 g/mol. The van der Waals surface area contributed by atoms with Gasteiger partial charge in [0.1, 0.15) is 5.01 Å². The zero-order valence-corrected chi connectivity index (χ0v) is 17.9. The zero-order valence-electron chi connectivity index (χ0n) is 16.3. The first-order valence-corrected chi connectivity index (χ1v) is 10.7. The first-order valence-electron chi connectivity index (χ1n) is 9.46. The van der Waals surface area contributed by atoms with Crippen molar-refractivity contribution in [1.29, 1.82) is 0 Å². The average molecular weight is 431 g/mol. The van der Waals surface area contributed by atoms with E-state index in [9.17, 15) is 4.79 Å². The second kappa shape index (κ2) is 9.08. The number of halogens is 1. The number of hydrogen-bond acceptors (Lipinski definition) is 3. The maximum Gasteiger partial charge on any atom is 0.248 e. The van der Waals surface area contributed by atoms with E-state index in [1.54, 1.807) is 29.5 Å². The molecule has 0 radical (unpaired) electrons. The molecule has 0 saturated heterocycles. The predicted molar refractivity (Wildman–Crippen MR) is 127 cm³/mol. The van der Waals surface area contributed by atoms with E-state index in [0.717, 1.165) is 38.0 Å². The first-order chi connectivity index (χ1) is 14.6. The molecule has 148 valence electrons. The van der Waals surface area contributed by atoms with Crippen LogP contribution in [0.5, 0.6) is 0 Å². The molecule has 0 bridgehead atoms. The van der Waals surface area contributed by atoms with Crippen molar-refractivity contribution in [2.24, 2.45) is 0 Å². The minimum atomic E-state index is -0.186. The number of benzene rings is 3. The fraction of sp³-hybridized carbons (Fsp3) is 0.0400. The summed E-state index contributed by atoms with van der Waals surface area (Å²) in [5, 5.41) is 4.55. The predicted octanol–water partition coefficient (Wildman–Crippen LogP) is 7.09. The largest absolute Gasteiger partial charge is 0.323 e. The van der Waals surface area contributed by atoms with E-state index in [1.807, 2.05) is 54.6 Å². The van der Waals surface area contributed by atoms with Gasteiger partial charge in [-0.25, -0.2) is 4.98 Å². The van der Waals surface area contributed by atoms with Crippen LogP contribution in [0.2, 0.25) is 5.02 Å². The summed E-state index contributed by atoms with van der Waals surface area (Å²) in [7, 11) is 0. The van der Waals surface area contributed by atoms with Crippen LogP contribution in [0.15, 0.2) is 84.9 Å². The molecule has 1 N–H and O–H groups in total. The van der Waals surface area contributed by atoms with Crippen LogP contribution in [0.4, 0.5) is 5.69 Å². The van der Waals surface area contributed by atoms with Crippen LogP contribution in [-0.4, -0.2) is 10.9 Å². The molecule has 0 atom stereocenters. The van der Waals surface area contributed by atoms with Gasteiger partial charge in [-0.3, -0.25) is 4.79 Å². The van der Waals surface area contributed by atoms with Gasteiger partial charge in [0.15, 0.2) is 0 Å². The quantitative estimate of drug-likeness (QED) is 0.343. The van der Waals surface area contributed by atoms with Crippen LogP contribution in [0, 0.1) is 6.92 Å². The number of aryl methyl sites for hydroxylation is 1. The molecule has 4 rings (SSSR count). The topological polar surface area (TPSA) is 42.0 Å². The van der Waals surface area contributed by atoms with Gasteiger partial charge in [-0.1, -0.05) is 66.2 Å². The molecule has 0 saturated carbocycles. The molecule has 0 aliphatic heterocycles. The van der Waals surface area contributed by atoms with E-state index in [4.69, 9.17) is 16.6 Å². The summed E-state index contributed by atoms with van der Waals surface area (Å²) in [5.41, 5.74) is 4.77. The molecule has 3 aromatic carbocycles. The van der Waals surface area contributed by atoms with Gasteiger partial charge in [-0.15, -0.1) is 11.3 Å². The molecule has 0 fully saturated rings. The molecule has 1 aromatic heterocycles. The lowest BCUT2D eigenvalue weighted by molar-refractivity contribution is -0.111. The van der Waals surface area contributed by atoms with Crippen molar-refractivity contribution in [3.05, 3.63) is 100 Å². The Bertz CT molecular complexity index is 1180. The van der Waals surface area contributed by atoms with Crippen molar-refractivity contribution in [3.63, 3.8) is 0 Å². The Morgan fingerprint density at radius 2 is 1.63 bits per heavy atom.